The molecule has 2 rings (SSSR count). The number of nitrogens with zero attached hydrogens (tertiary/aromatic N) is 4. The topological polar surface area (TPSA) is 86.2 Å². The van der Waals surface area contributed by atoms with Gasteiger partial charge in [-0.05, 0) is 47.6 Å². The summed E-state index contributed by atoms with van der Waals surface area (Å²) < 4.78 is 32.3. The second-order valence-electron chi connectivity index (χ2n) is 5.57. The van der Waals surface area contributed by atoms with Crippen LogP contribution in [0.5, 0.6) is 0 Å². The third-order valence-electron chi connectivity index (χ3n) is 3.25. The van der Waals surface area contributed by atoms with Crippen molar-refractivity contribution >= 4 is 38.0 Å². The lowest BCUT2D eigenvalue weighted by molar-refractivity contribution is -0.680. The zero-order valence-corrected chi connectivity index (χ0v) is 15.5. The van der Waals surface area contributed by atoms with Crippen molar-refractivity contribution in [3.63, 3.8) is 0 Å². The van der Waals surface area contributed by atoms with Crippen LogP contribution in [-0.4, -0.2) is 32.8 Å². The molecule has 0 aliphatic rings. The molecule has 0 saturated heterocycles. The van der Waals surface area contributed by atoms with Crippen LogP contribution in [0.2, 0.25) is 0 Å². The number of thiazole rings is 1. The van der Waals surface area contributed by atoms with E-state index in [1.807, 2.05) is 60.9 Å². The van der Waals surface area contributed by atoms with Gasteiger partial charge >= 0.3 is 5.13 Å². The first kappa shape index (κ1) is 18.5. The molecular weight excluding hydrogens is 348 g/mol. The smallest absolute Gasteiger partial charge is 0.378 e. The number of rotatable bonds is 7. The highest BCUT2D eigenvalue weighted by Crippen LogP contribution is 2.23. The van der Waals surface area contributed by atoms with Gasteiger partial charge < -0.3 is 4.90 Å². The predicted molar refractivity (Wildman–Crippen MR) is 95.2 cm³/mol. The zero-order chi connectivity index (χ0) is 17.7. The maximum absolute atomic E-state index is 10.8. The molecule has 130 valence electrons. The van der Waals surface area contributed by atoms with Crippen LogP contribution < -0.4 is 9.47 Å². The van der Waals surface area contributed by atoms with Crippen LogP contribution in [0.1, 0.15) is 11.3 Å². The van der Waals surface area contributed by atoms with E-state index in [9.17, 15) is 8.42 Å². The Bertz CT molecular complexity index is 812. The monoisotopic (exact) mass is 369 g/mol. The molecule has 0 amide bonds. The van der Waals surface area contributed by atoms with Crippen molar-refractivity contribution < 1.29 is 17.5 Å². The Hall–Kier alpha value is -1.84. The summed E-state index contributed by atoms with van der Waals surface area (Å²) in [5.41, 5.74) is 1.83. The largest absolute Gasteiger partial charge is 0.408 e. The van der Waals surface area contributed by atoms with Gasteiger partial charge in [-0.25, -0.2) is 4.57 Å². The summed E-state index contributed by atoms with van der Waals surface area (Å²) in [5, 5.41) is 9.20. The van der Waals surface area contributed by atoms with Gasteiger partial charge in [0.15, 0.2) is 0 Å². The van der Waals surface area contributed by atoms with Crippen molar-refractivity contribution in [1.29, 1.82) is 0 Å². The summed E-state index contributed by atoms with van der Waals surface area (Å²) in [6.45, 7) is 2.41. The van der Waals surface area contributed by atoms with Crippen molar-refractivity contribution in [3.8, 4) is 0 Å². The minimum atomic E-state index is -3.93. The zero-order valence-electron chi connectivity index (χ0n) is 13.9. The Balaban J connectivity index is 2.08. The number of anilines is 1. The first-order chi connectivity index (χ1) is 11.2. The molecule has 1 aromatic carbocycles. The standard InChI is InChI=1S/C15H20N4O3S2/c1-12-11-19(9-4-10-24(20,21)22)15(23-12)17-16-13-5-7-14(8-6-13)18(2)3/h5-8,11H,4,9-10H2,1-3H3/p+1. The summed E-state index contributed by atoms with van der Waals surface area (Å²) in [6, 6.07) is 7.71. The molecule has 0 atom stereocenters. The summed E-state index contributed by atoms with van der Waals surface area (Å²) in [4.78, 5) is 3.06. The molecule has 0 radical (unpaired) electrons. The predicted octanol–water partition coefficient (Wildman–Crippen LogP) is 3.10. The minimum absolute atomic E-state index is 0.266. The molecule has 1 aromatic heterocycles. The fourth-order valence-corrected chi connectivity index (χ4v) is 3.38. The first-order valence-corrected chi connectivity index (χ1v) is 9.81. The van der Waals surface area contributed by atoms with Crippen molar-refractivity contribution in [3.05, 3.63) is 35.3 Å². The van der Waals surface area contributed by atoms with Crippen LogP contribution in [0.15, 0.2) is 40.7 Å². The van der Waals surface area contributed by atoms with E-state index < -0.39 is 10.1 Å². The lowest BCUT2D eigenvalue weighted by Crippen LogP contribution is -2.32. The number of aryl methyl sites for hydroxylation is 2. The van der Waals surface area contributed by atoms with E-state index in [1.54, 1.807) is 0 Å². The Kier molecular flexibility index (Phi) is 6.03. The van der Waals surface area contributed by atoms with Crippen LogP contribution in [0, 0.1) is 6.92 Å². The van der Waals surface area contributed by atoms with E-state index in [1.165, 1.54) is 11.3 Å². The number of azo groups is 1. The van der Waals surface area contributed by atoms with E-state index >= 15 is 0 Å². The lowest BCUT2D eigenvalue weighted by atomic mass is 10.3. The highest BCUT2D eigenvalue weighted by atomic mass is 32.2. The fraction of sp³-hybridized carbons (Fsp3) is 0.400. The minimum Gasteiger partial charge on any atom is -0.378 e. The Labute approximate surface area is 146 Å². The Morgan fingerprint density at radius 2 is 1.88 bits per heavy atom. The Morgan fingerprint density at radius 1 is 1.21 bits per heavy atom. The van der Waals surface area contributed by atoms with Crippen LogP contribution in [0.4, 0.5) is 16.5 Å². The number of aromatic nitrogens is 1. The van der Waals surface area contributed by atoms with E-state index in [-0.39, 0.29) is 5.75 Å². The van der Waals surface area contributed by atoms with Crippen molar-refractivity contribution in [1.82, 2.24) is 0 Å². The van der Waals surface area contributed by atoms with E-state index in [2.05, 4.69) is 10.2 Å². The summed E-state index contributed by atoms with van der Waals surface area (Å²) in [5.74, 6) is -0.266. The quantitative estimate of drug-likeness (QED) is 0.461. The van der Waals surface area contributed by atoms with Crippen molar-refractivity contribution in [2.45, 2.75) is 19.9 Å². The van der Waals surface area contributed by atoms with Gasteiger partial charge in [-0.1, -0.05) is 0 Å². The molecule has 0 fully saturated rings. The number of hydrogen-bond acceptors (Lipinski definition) is 6. The molecule has 0 aliphatic heterocycles. The maximum atomic E-state index is 10.8. The molecule has 0 unspecified atom stereocenters. The van der Waals surface area contributed by atoms with E-state index in [0.29, 0.717) is 18.1 Å². The second kappa shape index (κ2) is 7.82. The summed E-state index contributed by atoms with van der Waals surface area (Å²) in [6.07, 6.45) is 2.22. The van der Waals surface area contributed by atoms with Gasteiger partial charge in [-0.15, -0.1) is 0 Å². The van der Waals surface area contributed by atoms with Crippen LogP contribution in [-0.2, 0) is 16.7 Å². The molecule has 1 heterocycles. The number of hydrogen-bond donors (Lipinski definition) is 1. The molecule has 1 N–H and O–H groups in total. The van der Waals surface area contributed by atoms with Crippen LogP contribution in [0.3, 0.4) is 0 Å². The Morgan fingerprint density at radius 3 is 2.46 bits per heavy atom. The first-order valence-electron chi connectivity index (χ1n) is 7.39. The van der Waals surface area contributed by atoms with Gasteiger partial charge in [-0.2, -0.15) is 8.42 Å². The van der Waals surface area contributed by atoms with Crippen LogP contribution >= 0.6 is 11.3 Å². The van der Waals surface area contributed by atoms with Crippen molar-refractivity contribution in [2.24, 2.45) is 10.2 Å². The molecule has 0 aliphatic carbocycles. The van der Waals surface area contributed by atoms with Gasteiger partial charge in [0.25, 0.3) is 10.1 Å². The highest BCUT2D eigenvalue weighted by molar-refractivity contribution is 7.85. The number of benzene rings is 1. The van der Waals surface area contributed by atoms with E-state index in [0.717, 1.165) is 16.3 Å². The molecule has 0 saturated carbocycles. The third-order valence-corrected chi connectivity index (χ3v) is 4.98. The van der Waals surface area contributed by atoms with E-state index in [4.69, 9.17) is 4.55 Å². The van der Waals surface area contributed by atoms with Gasteiger partial charge in [0.2, 0.25) is 0 Å². The van der Waals surface area contributed by atoms with Gasteiger partial charge in [0.05, 0.1) is 17.4 Å². The maximum Gasteiger partial charge on any atom is 0.408 e. The average molecular weight is 369 g/mol. The SMILES string of the molecule is Cc1c[n+](CCCS(=O)(=O)O)c(N=Nc2ccc(N(C)C)cc2)s1. The lowest BCUT2D eigenvalue weighted by Gasteiger charge is -2.11. The molecule has 9 heteroatoms. The van der Waals surface area contributed by atoms with Gasteiger partial charge in [-0.3, -0.25) is 4.55 Å². The second-order valence-corrected chi connectivity index (χ2v) is 8.35. The molecule has 0 spiro atoms. The molecular formula is C15H21N4O3S2+. The normalized spacial score (nSPS) is 12.0. The summed E-state index contributed by atoms with van der Waals surface area (Å²) >= 11 is 1.48. The molecule has 24 heavy (non-hydrogen) atoms. The van der Waals surface area contributed by atoms with Gasteiger partial charge in [0.1, 0.15) is 11.9 Å². The highest BCUT2D eigenvalue weighted by Gasteiger charge is 2.16. The van der Waals surface area contributed by atoms with Gasteiger partial charge in [0, 0.05) is 31.1 Å². The summed E-state index contributed by atoms with van der Waals surface area (Å²) in [7, 11) is 0.0106. The molecule has 2 aromatic rings. The molecule has 7 nitrogen and oxygen atoms in total. The molecule has 0 bridgehead atoms. The average Bonchev–Trinajstić information content (AvgIpc) is 2.84. The van der Waals surface area contributed by atoms with Crippen molar-refractivity contribution in [2.75, 3.05) is 24.7 Å². The third kappa shape index (κ3) is 5.66. The van der Waals surface area contributed by atoms with Crippen LogP contribution in [0.25, 0.3) is 0 Å². The fourth-order valence-electron chi connectivity index (χ4n) is 2.08.